The summed E-state index contributed by atoms with van der Waals surface area (Å²) in [7, 11) is 1.48. The zero-order valence-electron chi connectivity index (χ0n) is 13.6. The zero-order chi connectivity index (χ0) is 18.7. The predicted molar refractivity (Wildman–Crippen MR) is 100 cm³/mol. The van der Waals surface area contributed by atoms with E-state index in [9.17, 15) is 14.7 Å². The molecule has 0 saturated heterocycles. The van der Waals surface area contributed by atoms with Crippen LogP contribution in [-0.4, -0.2) is 27.9 Å². The van der Waals surface area contributed by atoms with Crippen LogP contribution in [0.3, 0.4) is 0 Å². The number of carbonyl (C=O) groups is 1. The van der Waals surface area contributed by atoms with Crippen molar-refractivity contribution >= 4 is 27.5 Å². The SMILES string of the molecule is COc1ccccc1NC(=O)c1nn(-c2ccc(Br)cc2)c(=O)cc1O. The molecule has 0 saturated carbocycles. The van der Waals surface area contributed by atoms with Crippen LogP contribution in [0.1, 0.15) is 10.5 Å². The first kappa shape index (κ1) is 17.7. The lowest BCUT2D eigenvalue weighted by Crippen LogP contribution is -2.25. The van der Waals surface area contributed by atoms with E-state index >= 15 is 0 Å². The Balaban J connectivity index is 1.99. The Labute approximate surface area is 157 Å². The molecule has 0 bridgehead atoms. The fourth-order valence-corrected chi connectivity index (χ4v) is 2.57. The number of nitrogens with one attached hydrogen (secondary N) is 1. The van der Waals surface area contributed by atoms with E-state index in [1.807, 2.05) is 0 Å². The average Bonchev–Trinajstić information content (AvgIpc) is 2.63. The maximum atomic E-state index is 12.5. The molecule has 132 valence electrons. The Hall–Kier alpha value is -3.13. The van der Waals surface area contributed by atoms with Crippen molar-refractivity contribution in [2.75, 3.05) is 12.4 Å². The summed E-state index contributed by atoms with van der Waals surface area (Å²) in [5.41, 5.74) is 0.0456. The summed E-state index contributed by atoms with van der Waals surface area (Å²) in [6.45, 7) is 0. The largest absolute Gasteiger partial charge is 0.505 e. The van der Waals surface area contributed by atoms with Crippen LogP contribution in [0, 0.1) is 0 Å². The van der Waals surface area contributed by atoms with Gasteiger partial charge in [0.15, 0.2) is 11.4 Å². The van der Waals surface area contributed by atoms with Gasteiger partial charge in [0.05, 0.1) is 18.5 Å². The van der Waals surface area contributed by atoms with Gasteiger partial charge in [-0.2, -0.15) is 9.78 Å². The first-order valence-corrected chi connectivity index (χ1v) is 8.32. The van der Waals surface area contributed by atoms with Crippen molar-refractivity contribution in [1.82, 2.24) is 9.78 Å². The smallest absolute Gasteiger partial charge is 0.280 e. The molecule has 0 radical (unpaired) electrons. The summed E-state index contributed by atoms with van der Waals surface area (Å²) in [6, 6.07) is 14.6. The molecule has 0 spiro atoms. The third-order valence-electron chi connectivity index (χ3n) is 3.55. The van der Waals surface area contributed by atoms with Crippen LogP contribution in [-0.2, 0) is 0 Å². The standard InChI is InChI=1S/C18H14BrN3O4/c1-26-15-5-3-2-4-13(15)20-18(25)17-14(23)10-16(24)22(21-17)12-8-6-11(19)7-9-12/h2-10,23H,1H3,(H,20,25). The number of ether oxygens (including phenoxy) is 1. The van der Waals surface area contributed by atoms with Gasteiger partial charge in [0, 0.05) is 10.5 Å². The average molecular weight is 416 g/mol. The van der Waals surface area contributed by atoms with Crippen molar-refractivity contribution in [2.45, 2.75) is 0 Å². The second-order valence-electron chi connectivity index (χ2n) is 5.26. The lowest BCUT2D eigenvalue weighted by atomic mass is 10.2. The van der Waals surface area contributed by atoms with Gasteiger partial charge < -0.3 is 15.2 Å². The number of rotatable bonds is 4. The monoisotopic (exact) mass is 415 g/mol. The van der Waals surface area contributed by atoms with Gasteiger partial charge in [0.2, 0.25) is 0 Å². The van der Waals surface area contributed by atoms with Gasteiger partial charge in [-0.3, -0.25) is 9.59 Å². The van der Waals surface area contributed by atoms with E-state index in [0.29, 0.717) is 17.1 Å². The van der Waals surface area contributed by atoms with Crippen LogP contribution in [0.15, 0.2) is 63.9 Å². The Morgan fingerprint density at radius 3 is 2.58 bits per heavy atom. The highest BCUT2D eigenvalue weighted by Gasteiger charge is 2.18. The summed E-state index contributed by atoms with van der Waals surface area (Å²) in [6.07, 6.45) is 0. The highest BCUT2D eigenvalue weighted by Crippen LogP contribution is 2.24. The second-order valence-corrected chi connectivity index (χ2v) is 6.17. The number of benzene rings is 2. The first-order chi connectivity index (χ1) is 12.5. The predicted octanol–water partition coefficient (Wildman–Crippen LogP) is 2.96. The van der Waals surface area contributed by atoms with Gasteiger partial charge in [0.1, 0.15) is 5.75 Å². The summed E-state index contributed by atoms with van der Waals surface area (Å²) < 4.78 is 7.06. The number of anilines is 1. The normalized spacial score (nSPS) is 10.4. The molecule has 3 rings (SSSR count). The number of nitrogens with zero attached hydrogens (tertiary/aromatic N) is 2. The van der Waals surface area contributed by atoms with Crippen LogP contribution in [0.4, 0.5) is 5.69 Å². The molecule has 0 aliphatic heterocycles. The maximum absolute atomic E-state index is 12.5. The van der Waals surface area contributed by atoms with E-state index in [0.717, 1.165) is 15.2 Å². The zero-order valence-corrected chi connectivity index (χ0v) is 15.2. The summed E-state index contributed by atoms with van der Waals surface area (Å²) in [5.74, 6) is -0.713. The molecule has 1 aromatic heterocycles. The van der Waals surface area contributed by atoms with Gasteiger partial charge in [-0.15, -0.1) is 0 Å². The highest BCUT2D eigenvalue weighted by molar-refractivity contribution is 9.10. The van der Waals surface area contributed by atoms with Crippen molar-refractivity contribution < 1.29 is 14.6 Å². The van der Waals surface area contributed by atoms with E-state index in [1.165, 1.54) is 7.11 Å². The minimum Gasteiger partial charge on any atom is -0.505 e. The van der Waals surface area contributed by atoms with Gasteiger partial charge in [-0.05, 0) is 36.4 Å². The molecule has 0 aliphatic carbocycles. The molecule has 8 heteroatoms. The van der Waals surface area contributed by atoms with Crippen LogP contribution < -0.4 is 15.6 Å². The van der Waals surface area contributed by atoms with E-state index in [-0.39, 0.29) is 5.69 Å². The third kappa shape index (κ3) is 3.60. The molecule has 26 heavy (non-hydrogen) atoms. The molecular formula is C18H14BrN3O4. The Morgan fingerprint density at radius 2 is 1.88 bits per heavy atom. The minimum absolute atomic E-state index is 0.279. The summed E-state index contributed by atoms with van der Waals surface area (Å²) >= 11 is 3.31. The molecule has 0 fully saturated rings. The molecule has 2 aromatic carbocycles. The molecule has 0 unspecified atom stereocenters. The fraction of sp³-hybridized carbons (Fsp3) is 0.0556. The van der Waals surface area contributed by atoms with Crippen molar-refractivity contribution in [1.29, 1.82) is 0 Å². The van der Waals surface area contributed by atoms with Gasteiger partial charge in [-0.25, -0.2) is 0 Å². The van der Waals surface area contributed by atoms with Gasteiger partial charge in [-0.1, -0.05) is 28.1 Å². The number of aromatic nitrogens is 2. The topological polar surface area (TPSA) is 93.5 Å². The molecular weight excluding hydrogens is 402 g/mol. The Kier molecular flexibility index (Phi) is 5.04. The number of hydrogen-bond donors (Lipinski definition) is 2. The number of aromatic hydroxyl groups is 1. The van der Waals surface area contributed by atoms with Crippen LogP contribution in [0.25, 0.3) is 5.69 Å². The molecule has 1 amide bonds. The molecule has 1 heterocycles. The number of carbonyl (C=O) groups excluding carboxylic acids is 1. The summed E-state index contributed by atoms with van der Waals surface area (Å²) in [4.78, 5) is 24.7. The fourth-order valence-electron chi connectivity index (χ4n) is 2.31. The summed E-state index contributed by atoms with van der Waals surface area (Å²) in [5, 5.41) is 16.6. The minimum atomic E-state index is -0.669. The van der Waals surface area contributed by atoms with E-state index < -0.39 is 17.2 Å². The maximum Gasteiger partial charge on any atom is 0.280 e. The lowest BCUT2D eigenvalue weighted by Gasteiger charge is -2.11. The highest BCUT2D eigenvalue weighted by atomic mass is 79.9. The third-order valence-corrected chi connectivity index (χ3v) is 4.08. The molecule has 3 aromatic rings. The molecule has 7 nitrogen and oxygen atoms in total. The Morgan fingerprint density at radius 1 is 1.19 bits per heavy atom. The van der Waals surface area contributed by atoms with Crippen LogP contribution in [0.5, 0.6) is 11.5 Å². The lowest BCUT2D eigenvalue weighted by molar-refractivity contribution is 0.101. The second kappa shape index (κ2) is 7.40. The van der Waals surface area contributed by atoms with Crippen LogP contribution in [0.2, 0.25) is 0 Å². The van der Waals surface area contributed by atoms with E-state index in [1.54, 1.807) is 48.5 Å². The number of halogens is 1. The van der Waals surface area contributed by atoms with E-state index in [4.69, 9.17) is 4.74 Å². The first-order valence-electron chi connectivity index (χ1n) is 7.53. The van der Waals surface area contributed by atoms with Crippen molar-refractivity contribution in [2.24, 2.45) is 0 Å². The number of para-hydroxylation sites is 2. The van der Waals surface area contributed by atoms with E-state index in [2.05, 4.69) is 26.3 Å². The van der Waals surface area contributed by atoms with Gasteiger partial charge in [0.25, 0.3) is 11.5 Å². The number of amides is 1. The molecule has 0 aliphatic rings. The van der Waals surface area contributed by atoms with Crippen molar-refractivity contribution in [3.8, 4) is 17.2 Å². The Bertz CT molecular complexity index is 1020. The van der Waals surface area contributed by atoms with Crippen LogP contribution >= 0.6 is 15.9 Å². The molecule has 2 N–H and O–H groups in total. The van der Waals surface area contributed by atoms with Gasteiger partial charge >= 0.3 is 0 Å². The quantitative estimate of drug-likeness (QED) is 0.682. The van der Waals surface area contributed by atoms with Crippen molar-refractivity contribution in [3.63, 3.8) is 0 Å². The number of hydrogen-bond acceptors (Lipinski definition) is 5. The van der Waals surface area contributed by atoms with Crippen molar-refractivity contribution in [3.05, 3.63) is 75.1 Å². The number of methoxy groups -OCH3 is 1. The molecule has 0 atom stereocenters.